The van der Waals surface area contributed by atoms with Crippen molar-refractivity contribution in [2.45, 2.75) is 6.42 Å². The number of nitrogens with zero attached hydrogens (tertiary/aromatic N) is 3. The second-order valence-electron chi connectivity index (χ2n) is 3.96. The number of carboxylic acids is 1. The molecule has 2 rings (SSSR count). The number of carboxylic acid groups (broad SMARTS) is 1. The summed E-state index contributed by atoms with van der Waals surface area (Å²) in [6, 6.07) is 0. The molecule has 16 heavy (non-hydrogen) atoms. The normalized spacial score (nSPS) is 18.4. The van der Waals surface area contributed by atoms with Crippen LogP contribution in [0.4, 0.5) is 5.13 Å². The lowest BCUT2D eigenvalue weighted by Gasteiger charge is -2.18. The predicted octanol–water partition coefficient (Wildman–Crippen LogP) is 0.983. The number of hydrogen-bond donors (Lipinski definition) is 1. The van der Waals surface area contributed by atoms with Crippen LogP contribution >= 0.6 is 11.3 Å². The Morgan fingerprint density at radius 1 is 1.44 bits per heavy atom. The number of carbonyl (C=O) groups is 1. The van der Waals surface area contributed by atoms with Gasteiger partial charge in [0, 0.05) is 25.0 Å². The third-order valence-electron chi connectivity index (χ3n) is 2.70. The maximum absolute atomic E-state index is 10.7. The van der Waals surface area contributed by atoms with Gasteiger partial charge in [-0.3, -0.25) is 0 Å². The van der Waals surface area contributed by atoms with Crippen molar-refractivity contribution >= 4 is 22.4 Å². The van der Waals surface area contributed by atoms with Gasteiger partial charge < -0.3 is 14.9 Å². The molecule has 1 aromatic rings. The number of rotatable bonds is 2. The quantitative estimate of drug-likeness (QED) is 0.836. The molecule has 1 fully saturated rings. The molecule has 0 unspecified atom stereocenters. The Balaban J connectivity index is 2.07. The average molecular weight is 241 g/mol. The summed E-state index contributed by atoms with van der Waals surface area (Å²) in [4.78, 5) is 19.3. The first-order chi connectivity index (χ1) is 7.66. The van der Waals surface area contributed by atoms with Gasteiger partial charge in [-0.15, -0.1) is 11.3 Å². The van der Waals surface area contributed by atoms with E-state index >= 15 is 0 Å². The highest BCUT2D eigenvalue weighted by molar-refractivity contribution is 7.13. The molecular weight excluding hydrogens is 226 g/mol. The minimum absolute atomic E-state index is 0.151. The summed E-state index contributed by atoms with van der Waals surface area (Å²) in [5.41, 5.74) is 0.151. The SMILES string of the molecule is CN1CCCN(c2nc(C(=O)O)cs2)CC1. The summed E-state index contributed by atoms with van der Waals surface area (Å²) in [5.74, 6) is -0.950. The first kappa shape index (κ1) is 11.3. The summed E-state index contributed by atoms with van der Waals surface area (Å²) < 4.78 is 0. The summed E-state index contributed by atoms with van der Waals surface area (Å²) in [7, 11) is 2.11. The Morgan fingerprint density at radius 2 is 2.25 bits per heavy atom. The molecule has 2 heterocycles. The Labute approximate surface area is 98.3 Å². The molecule has 0 aliphatic carbocycles. The molecule has 0 atom stereocenters. The number of aromatic carboxylic acids is 1. The molecule has 5 nitrogen and oxygen atoms in total. The van der Waals surface area contributed by atoms with Gasteiger partial charge in [-0.1, -0.05) is 0 Å². The van der Waals surface area contributed by atoms with Gasteiger partial charge in [0.25, 0.3) is 0 Å². The zero-order valence-electron chi connectivity index (χ0n) is 9.22. The fourth-order valence-corrected chi connectivity index (χ4v) is 2.60. The maximum Gasteiger partial charge on any atom is 0.355 e. The second-order valence-corrected chi connectivity index (χ2v) is 4.80. The molecule has 1 N–H and O–H groups in total. The lowest BCUT2D eigenvalue weighted by atomic mass is 10.4. The van der Waals surface area contributed by atoms with Crippen molar-refractivity contribution in [2.75, 3.05) is 38.1 Å². The number of anilines is 1. The molecule has 0 bridgehead atoms. The summed E-state index contributed by atoms with van der Waals surface area (Å²) in [6.45, 7) is 3.97. The lowest BCUT2D eigenvalue weighted by molar-refractivity contribution is 0.0691. The van der Waals surface area contributed by atoms with Crippen LogP contribution in [0.15, 0.2) is 5.38 Å². The van der Waals surface area contributed by atoms with Crippen molar-refractivity contribution in [2.24, 2.45) is 0 Å². The Kier molecular flexibility index (Phi) is 3.40. The van der Waals surface area contributed by atoms with Crippen LogP contribution in [-0.2, 0) is 0 Å². The van der Waals surface area contributed by atoms with Crippen LogP contribution in [0.5, 0.6) is 0 Å². The van der Waals surface area contributed by atoms with Crippen molar-refractivity contribution in [3.05, 3.63) is 11.1 Å². The predicted molar refractivity (Wildman–Crippen MR) is 63.4 cm³/mol. The van der Waals surface area contributed by atoms with E-state index in [2.05, 4.69) is 21.8 Å². The van der Waals surface area contributed by atoms with Gasteiger partial charge in [-0.25, -0.2) is 9.78 Å². The highest BCUT2D eigenvalue weighted by atomic mass is 32.1. The zero-order chi connectivity index (χ0) is 11.5. The molecule has 1 saturated heterocycles. The highest BCUT2D eigenvalue weighted by Crippen LogP contribution is 2.21. The van der Waals surface area contributed by atoms with E-state index in [9.17, 15) is 4.79 Å². The van der Waals surface area contributed by atoms with Crippen molar-refractivity contribution in [3.8, 4) is 0 Å². The van der Waals surface area contributed by atoms with Gasteiger partial charge in [0.15, 0.2) is 10.8 Å². The third kappa shape index (κ3) is 2.51. The molecule has 1 aliphatic heterocycles. The highest BCUT2D eigenvalue weighted by Gasteiger charge is 2.17. The molecule has 1 aromatic heterocycles. The zero-order valence-corrected chi connectivity index (χ0v) is 10.0. The van der Waals surface area contributed by atoms with E-state index < -0.39 is 5.97 Å². The summed E-state index contributed by atoms with van der Waals surface area (Å²) in [6.07, 6.45) is 1.10. The van der Waals surface area contributed by atoms with Crippen LogP contribution in [0.3, 0.4) is 0 Å². The molecule has 0 saturated carbocycles. The smallest absolute Gasteiger partial charge is 0.355 e. The fraction of sp³-hybridized carbons (Fsp3) is 0.600. The van der Waals surface area contributed by atoms with Crippen molar-refractivity contribution in [1.29, 1.82) is 0 Å². The number of likely N-dealkylation sites (N-methyl/N-ethyl adjacent to an activating group) is 1. The van der Waals surface area contributed by atoms with Gasteiger partial charge in [0.1, 0.15) is 0 Å². The first-order valence-electron chi connectivity index (χ1n) is 5.29. The third-order valence-corrected chi connectivity index (χ3v) is 3.60. The average Bonchev–Trinajstić information content (AvgIpc) is 2.63. The van der Waals surface area contributed by atoms with Gasteiger partial charge >= 0.3 is 5.97 Å². The number of thiazole rings is 1. The van der Waals surface area contributed by atoms with Crippen molar-refractivity contribution < 1.29 is 9.90 Å². The van der Waals surface area contributed by atoms with Gasteiger partial charge in [-0.05, 0) is 20.0 Å². The molecular formula is C10H15N3O2S. The number of aromatic nitrogens is 1. The Bertz CT molecular complexity index is 380. The van der Waals surface area contributed by atoms with E-state index in [4.69, 9.17) is 5.11 Å². The molecule has 88 valence electrons. The fourth-order valence-electron chi connectivity index (χ4n) is 1.75. The van der Waals surface area contributed by atoms with E-state index in [1.807, 2.05) is 0 Å². The molecule has 0 radical (unpaired) electrons. The molecule has 0 aromatic carbocycles. The van der Waals surface area contributed by atoms with E-state index in [0.717, 1.165) is 37.7 Å². The standard InChI is InChI=1S/C10H15N3O2S/c1-12-3-2-4-13(6-5-12)10-11-8(7-16-10)9(14)15/h7H,2-6H2,1H3,(H,14,15). The maximum atomic E-state index is 10.7. The largest absolute Gasteiger partial charge is 0.476 e. The van der Waals surface area contributed by atoms with Crippen LogP contribution < -0.4 is 4.90 Å². The van der Waals surface area contributed by atoms with Crippen LogP contribution in [0, 0.1) is 0 Å². The molecule has 0 spiro atoms. The van der Waals surface area contributed by atoms with E-state index in [-0.39, 0.29) is 5.69 Å². The summed E-state index contributed by atoms with van der Waals surface area (Å²) in [5, 5.41) is 11.2. The second kappa shape index (κ2) is 4.80. The number of hydrogen-bond acceptors (Lipinski definition) is 5. The minimum atomic E-state index is -0.950. The molecule has 0 amide bonds. The monoisotopic (exact) mass is 241 g/mol. The van der Waals surface area contributed by atoms with Crippen LogP contribution in [0.25, 0.3) is 0 Å². The van der Waals surface area contributed by atoms with Crippen molar-refractivity contribution in [3.63, 3.8) is 0 Å². The van der Waals surface area contributed by atoms with Crippen molar-refractivity contribution in [1.82, 2.24) is 9.88 Å². The molecule has 1 aliphatic rings. The van der Waals surface area contributed by atoms with Gasteiger partial charge in [0.2, 0.25) is 0 Å². The molecule has 6 heteroatoms. The van der Waals surface area contributed by atoms with Crippen LogP contribution in [-0.4, -0.2) is 54.2 Å². The van der Waals surface area contributed by atoms with E-state index in [0.29, 0.717) is 0 Å². The van der Waals surface area contributed by atoms with E-state index in [1.54, 1.807) is 5.38 Å². The first-order valence-corrected chi connectivity index (χ1v) is 6.17. The van der Waals surface area contributed by atoms with Gasteiger partial charge in [-0.2, -0.15) is 0 Å². The summed E-state index contributed by atoms with van der Waals surface area (Å²) >= 11 is 1.41. The minimum Gasteiger partial charge on any atom is -0.476 e. The Hall–Kier alpha value is -1.14. The van der Waals surface area contributed by atoms with E-state index in [1.165, 1.54) is 11.3 Å². The topological polar surface area (TPSA) is 56.7 Å². The van der Waals surface area contributed by atoms with Crippen LogP contribution in [0.1, 0.15) is 16.9 Å². The lowest BCUT2D eigenvalue weighted by Crippen LogP contribution is -2.28. The Morgan fingerprint density at radius 3 is 2.94 bits per heavy atom. The van der Waals surface area contributed by atoms with Gasteiger partial charge in [0.05, 0.1) is 0 Å². The van der Waals surface area contributed by atoms with Crippen LogP contribution in [0.2, 0.25) is 0 Å².